The molecular formula is C52H54N4. The van der Waals surface area contributed by atoms with Crippen molar-refractivity contribution >= 4 is 22.7 Å². The van der Waals surface area contributed by atoms with Gasteiger partial charge >= 0.3 is 0 Å². The molecule has 4 nitrogen and oxygen atoms in total. The van der Waals surface area contributed by atoms with E-state index >= 15 is 0 Å². The lowest BCUT2D eigenvalue weighted by molar-refractivity contribution is 0.590. The Balaban J connectivity index is 1.33. The van der Waals surface area contributed by atoms with Crippen LogP contribution >= 0.6 is 0 Å². The molecule has 0 N–H and O–H groups in total. The molecule has 0 aliphatic heterocycles. The van der Waals surface area contributed by atoms with Gasteiger partial charge in [-0.25, -0.2) is 0 Å². The van der Waals surface area contributed by atoms with Gasteiger partial charge < -0.3 is 9.80 Å². The molecular weight excluding hydrogens is 681 g/mol. The highest BCUT2D eigenvalue weighted by Gasteiger charge is 2.22. The van der Waals surface area contributed by atoms with E-state index in [1.807, 2.05) is 12.4 Å². The number of nitrogens with zero attached hydrogens (tertiary/aromatic N) is 4. The Morgan fingerprint density at radius 2 is 0.839 bits per heavy atom. The third-order valence-electron chi connectivity index (χ3n) is 10.6. The largest absolute Gasteiger partial charge is 0.337 e. The first-order valence-corrected chi connectivity index (χ1v) is 19.9. The number of benzene rings is 5. The van der Waals surface area contributed by atoms with E-state index in [0.717, 1.165) is 58.4 Å². The summed E-state index contributed by atoms with van der Waals surface area (Å²) in [6.07, 6.45) is 3.85. The van der Waals surface area contributed by atoms with Crippen LogP contribution in [-0.4, -0.2) is 9.97 Å². The third kappa shape index (κ3) is 9.09. The van der Waals surface area contributed by atoms with Crippen LogP contribution in [0.2, 0.25) is 0 Å². The first kappa shape index (κ1) is 38.3. The van der Waals surface area contributed by atoms with Crippen molar-refractivity contribution in [3.63, 3.8) is 0 Å². The van der Waals surface area contributed by atoms with Crippen LogP contribution in [0.15, 0.2) is 164 Å². The van der Waals surface area contributed by atoms with Gasteiger partial charge in [-0.2, -0.15) is 0 Å². The molecule has 0 fully saturated rings. The number of hydrogen-bond acceptors (Lipinski definition) is 4. The van der Waals surface area contributed by atoms with Crippen molar-refractivity contribution in [2.24, 2.45) is 0 Å². The summed E-state index contributed by atoms with van der Waals surface area (Å²) in [6, 6.07) is 55.1. The quantitative estimate of drug-likeness (QED) is 0.125. The molecule has 0 spiro atoms. The minimum Gasteiger partial charge on any atom is -0.337 e. The van der Waals surface area contributed by atoms with Crippen LogP contribution in [0.1, 0.15) is 88.1 Å². The summed E-state index contributed by atoms with van der Waals surface area (Å²) in [6.45, 7) is 17.3. The molecule has 4 heteroatoms. The molecule has 56 heavy (non-hydrogen) atoms. The molecule has 2 aromatic heterocycles. The molecule has 5 aromatic carbocycles. The fraction of sp³-hybridized carbons (Fsp3) is 0.231. The maximum absolute atomic E-state index is 4.74. The Hall–Kier alpha value is -6.00. The van der Waals surface area contributed by atoms with Gasteiger partial charge in [-0.1, -0.05) is 133 Å². The maximum atomic E-state index is 4.74. The number of rotatable bonds is 12. The van der Waals surface area contributed by atoms with Crippen LogP contribution in [0.5, 0.6) is 0 Å². The molecule has 7 rings (SSSR count). The van der Waals surface area contributed by atoms with Gasteiger partial charge in [0.25, 0.3) is 0 Å². The lowest BCUT2D eigenvalue weighted by atomic mass is 9.86. The normalized spacial score (nSPS) is 11.6. The second-order valence-electron chi connectivity index (χ2n) is 16.5. The average molecular weight is 735 g/mol. The molecule has 0 aliphatic carbocycles. The SMILES string of the molecule is CC(C)c1ccnc(-c2ccc(N(Cc3ccccc3)c3cc(N(Cc4ccccc4)c4ccc(-c5cc(C(C)C)ccn5)cc4)cc(C(C)(C)C)c3)cc2)c1. The van der Waals surface area contributed by atoms with Crippen molar-refractivity contribution in [1.82, 2.24) is 9.97 Å². The van der Waals surface area contributed by atoms with E-state index in [1.165, 1.54) is 27.8 Å². The zero-order chi connectivity index (χ0) is 39.2. The molecule has 0 saturated carbocycles. The van der Waals surface area contributed by atoms with E-state index in [4.69, 9.17) is 9.97 Å². The van der Waals surface area contributed by atoms with Gasteiger partial charge in [0.1, 0.15) is 0 Å². The van der Waals surface area contributed by atoms with Crippen molar-refractivity contribution in [2.75, 3.05) is 9.80 Å². The zero-order valence-electron chi connectivity index (χ0n) is 33.9. The van der Waals surface area contributed by atoms with Crippen molar-refractivity contribution < 1.29 is 0 Å². The molecule has 0 aliphatic rings. The van der Waals surface area contributed by atoms with Gasteiger partial charge in [0.05, 0.1) is 11.4 Å². The second-order valence-corrected chi connectivity index (χ2v) is 16.5. The van der Waals surface area contributed by atoms with E-state index < -0.39 is 0 Å². The van der Waals surface area contributed by atoms with E-state index in [2.05, 4.69) is 210 Å². The zero-order valence-corrected chi connectivity index (χ0v) is 33.9. The van der Waals surface area contributed by atoms with E-state index in [-0.39, 0.29) is 5.41 Å². The average Bonchev–Trinajstić information content (AvgIpc) is 3.22. The van der Waals surface area contributed by atoms with Gasteiger partial charge in [-0.3, -0.25) is 9.97 Å². The summed E-state index contributed by atoms with van der Waals surface area (Å²) in [5, 5.41) is 0. The predicted octanol–water partition coefficient (Wildman–Crippen LogP) is 14.0. The standard InChI is InChI=1S/C52H54N4/c1-37(2)43-26-28-53-50(30-43)41-18-22-46(23-19-41)55(35-39-14-10-8-11-15-39)48-32-45(52(5,6)7)33-49(34-48)56(36-40-16-12-9-13-17-40)47-24-20-42(21-25-47)51-31-44(38(3)4)27-29-54-51/h8-34,37-38H,35-36H2,1-7H3. The number of hydrogen-bond donors (Lipinski definition) is 0. The topological polar surface area (TPSA) is 32.3 Å². The van der Waals surface area contributed by atoms with Gasteiger partial charge in [0.2, 0.25) is 0 Å². The smallest absolute Gasteiger partial charge is 0.0704 e. The van der Waals surface area contributed by atoms with Crippen LogP contribution < -0.4 is 9.80 Å². The van der Waals surface area contributed by atoms with Gasteiger partial charge in [-0.05, 0) is 112 Å². The Bertz CT molecular complexity index is 2180. The van der Waals surface area contributed by atoms with Crippen LogP contribution in [0, 0.1) is 0 Å². The molecule has 0 atom stereocenters. The monoisotopic (exact) mass is 734 g/mol. The molecule has 0 bridgehead atoms. The van der Waals surface area contributed by atoms with Gasteiger partial charge in [-0.15, -0.1) is 0 Å². The van der Waals surface area contributed by atoms with Crippen molar-refractivity contribution in [2.45, 2.75) is 78.8 Å². The molecule has 0 saturated heterocycles. The molecule has 2 heterocycles. The molecule has 282 valence electrons. The predicted molar refractivity (Wildman–Crippen MR) is 237 cm³/mol. The fourth-order valence-corrected chi connectivity index (χ4v) is 7.09. The minimum absolute atomic E-state index is 0.0878. The summed E-state index contributed by atoms with van der Waals surface area (Å²) >= 11 is 0. The summed E-state index contributed by atoms with van der Waals surface area (Å²) in [7, 11) is 0. The highest BCUT2D eigenvalue weighted by atomic mass is 15.2. The fourth-order valence-electron chi connectivity index (χ4n) is 7.09. The van der Waals surface area contributed by atoms with Gasteiger partial charge in [0, 0.05) is 59.4 Å². The highest BCUT2D eigenvalue weighted by molar-refractivity contribution is 5.76. The lowest BCUT2D eigenvalue weighted by Crippen LogP contribution is -2.21. The molecule has 0 unspecified atom stereocenters. The number of aromatic nitrogens is 2. The maximum Gasteiger partial charge on any atom is 0.0704 e. The summed E-state index contributed by atoms with van der Waals surface area (Å²) < 4.78 is 0. The molecule has 0 radical (unpaired) electrons. The lowest BCUT2D eigenvalue weighted by Gasteiger charge is -2.32. The number of anilines is 4. The molecule has 7 aromatic rings. The van der Waals surface area contributed by atoms with Crippen LogP contribution in [0.25, 0.3) is 22.5 Å². The first-order valence-electron chi connectivity index (χ1n) is 19.9. The summed E-state index contributed by atoms with van der Waals surface area (Å²) in [5.41, 5.74) is 15.1. The first-order chi connectivity index (χ1) is 27.0. The Morgan fingerprint density at radius 1 is 0.446 bits per heavy atom. The van der Waals surface area contributed by atoms with E-state index in [9.17, 15) is 0 Å². The van der Waals surface area contributed by atoms with Crippen LogP contribution in [-0.2, 0) is 18.5 Å². The van der Waals surface area contributed by atoms with Gasteiger partial charge in [0.15, 0.2) is 0 Å². The number of pyridine rings is 2. The van der Waals surface area contributed by atoms with Crippen molar-refractivity contribution in [1.29, 1.82) is 0 Å². The Kier molecular flexibility index (Phi) is 11.5. The van der Waals surface area contributed by atoms with Crippen molar-refractivity contribution in [3.05, 3.63) is 192 Å². The Morgan fingerprint density at radius 3 is 1.20 bits per heavy atom. The summed E-state index contributed by atoms with van der Waals surface area (Å²) in [5.74, 6) is 0.889. The molecule has 0 amide bonds. The third-order valence-corrected chi connectivity index (χ3v) is 10.6. The Labute approximate surface area is 334 Å². The van der Waals surface area contributed by atoms with Crippen molar-refractivity contribution in [3.8, 4) is 22.5 Å². The minimum atomic E-state index is -0.0878. The second kappa shape index (κ2) is 16.8. The van der Waals surface area contributed by atoms with Crippen LogP contribution in [0.3, 0.4) is 0 Å². The van der Waals surface area contributed by atoms with E-state index in [1.54, 1.807) is 0 Å². The summed E-state index contributed by atoms with van der Waals surface area (Å²) in [4.78, 5) is 14.4. The van der Waals surface area contributed by atoms with E-state index in [0.29, 0.717) is 11.8 Å². The van der Waals surface area contributed by atoms with Crippen LogP contribution in [0.4, 0.5) is 22.7 Å². The highest BCUT2D eigenvalue weighted by Crippen LogP contribution is 2.40.